The Labute approximate surface area is 190 Å². The van der Waals surface area contributed by atoms with Crippen LogP contribution < -0.4 is 15.8 Å². The van der Waals surface area contributed by atoms with Crippen LogP contribution in [-0.2, 0) is 4.79 Å². The molecule has 0 saturated carbocycles. The number of para-hydroxylation sites is 1. The largest absolute Gasteiger partial charge is 0.457 e. The normalized spacial score (nSPS) is 12.9. The van der Waals surface area contributed by atoms with Crippen molar-refractivity contribution in [2.75, 3.05) is 18.9 Å². The highest BCUT2D eigenvalue weighted by atomic mass is 16.5. The van der Waals surface area contributed by atoms with E-state index in [1.807, 2.05) is 60.8 Å². The number of nitrogens with one attached hydrogen (secondary N) is 1. The van der Waals surface area contributed by atoms with Crippen molar-refractivity contribution in [1.29, 1.82) is 0 Å². The van der Waals surface area contributed by atoms with Crippen LogP contribution in [0.2, 0.25) is 0 Å². The molecule has 0 aliphatic rings. The number of benzene rings is 2. The third-order valence-corrected chi connectivity index (χ3v) is 5.30. The van der Waals surface area contributed by atoms with Crippen molar-refractivity contribution in [2.24, 2.45) is 0 Å². The summed E-state index contributed by atoms with van der Waals surface area (Å²) in [6.07, 6.45) is 2.15. The number of carbonyl (C=O) groups is 1. The van der Waals surface area contributed by atoms with E-state index in [1.54, 1.807) is 11.5 Å². The number of hydrogen-bond acceptors (Lipinski definition) is 7. The fourth-order valence-corrected chi connectivity index (χ4v) is 3.51. The number of hydrogen-bond donors (Lipinski definition) is 4. The molecule has 33 heavy (non-hydrogen) atoms. The zero-order valence-electron chi connectivity index (χ0n) is 18.0. The Bertz CT molecular complexity index is 1240. The summed E-state index contributed by atoms with van der Waals surface area (Å²) in [5.74, 6) is 1.41. The molecule has 1 amide bonds. The lowest BCUT2D eigenvalue weighted by Gasteiger charge is -2.16. The maximum Gasteiger partial charge on any atom is 0.242 e. The van der Waals surface area contributed by atoms with Gasteiger partial charge in [-0.3, -0.25) is 4.79 Å². The molecule has 9 nitrogen and oxygen atoms in total. The highest BCUT2D eigenvalue weighted by molar-refractivity contribution is 6.01. The number of anilines is 1. The minimum atomic E-state index is -1.02. The van der Waals surface area contributed by atoms with E-state index in [0.717, 1.165) is 16.9 Å². The van der Waals surface area contributed by atoms with Gasteiger partial charge in [0.05, 0.1) is 18.1 Å². The Morgan fingerprint density at radius 1 is 1.12 bits per heavy atom. The van der Waals surface area contributed by atoms with E-state index in [2.05, 4.69) is 15.3 Å². The van der Waals surface area contributed by atoms with Gasteiger partial charge in [0.2, 0.25) is 5.91 Å². The maximum atomic E-state index is 12.6. The van der Waals surface area contributed by atoms with Crippen molar-refractivity contribution in [3.63, 3.8) is 0 Å². The highest BCUT2D eigenvalue weighted by Gasteiger charge is 2.22. The Morgan fingerprint density at radius 2 is 1.82 bits per heavy atom. The summed E-state index contributed by atoms with van der Waals surface area (Å²) in [4.78, 5) is 21.1. The molecule has 0 radical (unpaired) electrons. The number of nitrogens with zero attached hydrogens (tertiary/aromatic N) is 3. The first kappa shape index (κ1) is 22.3. The second kappa shape index (κ2) is 9.68. The summed E-state index contributed by atoms with van der Waals surface area (Å²) in [7, 11) is 0. The molecule has 0 aliphatic carbocycles. The van der Waals surface area contributed by atoms with E-state index in [4.69, 9.17) is 15.6 Å². The van der Waals surface area contributed by atoms with Crippen LogP contribution in [0, 0.1) is 0 Å². The van der Waals surface area contributed by atoms with Crippen molar-refractivity contribution in [3.05, 3.63) is 67.1 Å². The molecule has 2 atom stereocenters. The molecular formula is C24H25N5O4. The lowest BCUT2D eigenvalue weighted by Crippen LogP contribution is -2.37. The number of ether oxygens (including phenoxy) is 1. The molecule has 0 bridgehead atoms. The van der Waals surface area contributed by atoms with Gasteiger partial charge in [-0.1, -0.05) is 30.3 Å². The van der Waals surface area contributed by atoms with Gasteiger partial charge in [-0.25, -0.2) is 9.97 Å². The fourth-order valence-electron chi connectivity index (χ4n) is 3.51. The van der Waals surface area contributed by atoms with Crippen LogP contribution >= 0.6 is 0 Å². The summed E-state index contributed by atoms with van der Waals surface area (Å²) in [6, 6.07) is 16.4. The van der Waals surface area contributed by atoms with E-state index < -0.39 is 18.8 Å². The molecule has 5 N–H and O–H groups in total. The van der Waals surface area contributed by atoms with E-state index in [-0.39, 0.29) is 12.5 Å². The van der Waals surface area contributed by atoms with Crippen LogP contribution in [0.15, 0.2) is 67.1 Å². The quantitative estimate of drug-likeness (QED) is 0.326. The minimum absolute atomic E-state index is 0.0499. The Morgan fingerprint density at radius 3 is 2.52 bits per heavy atom. The maximum absolute atomic E-state index is 12.6. The molecule has 0 aliphatic heterocycles. The zero-order chi connectivity index (χ0) is 23.4. The summed E-state index contributed by atoms with van der Waals surface area (Å²) >= 11 is 0. The number of aliphatic hydroxyl groups excluding tert-OH is 2. The van der Waals surface area contributed by atoms with E-state index >= 15 is 0 Å². The first-order valence-corrected chi connectivity index (χ1v) is 10.5. The second-order valence-corrected chi connectivity index (χ2v) is 7.60. The number of fused-ring (bicyclic) bond motifs is 1. The lowest BCUT2D eigenvalue weighted by atomic mass is 10.1. The number of amides is 1. The Balaban J connectivity index is 1.65. The predicted molar refractivity (Wildman–Crippen MR) is 125 cm³/mol. The second-order valence-electron chi connectivity index (χ2n) is 7.60. The van der Waals surface area contributed by atoms with E-state index in [9.17, 15) is 9.90 Å². The van der Waals surface area contributed by atoms with Crippen LogP contribution in [0.3, 0.4) is 0 Å². The van der Waals surface area contributed by atoms with Crippen LogP contribution in [0.1, 0.15) is 13.0 Å². The average molecular weight is 447 g/mol. The van der Waals surface area contributed by atoms with Crippen LogP contribution in [0.4, 0.5) is 5.82 Å². The minimum Gasteiger partial charge on any atom is -0.457 e. The molecule has 0 saturated heterocycles. The monoisotopic (exact) mass is 447 g/mol. The number of nitrogen functional groups attached to an aromatic ring is 1. The molecule has 0 fully saturated rings. The van der Waals surface area contributed by atoms with Gasteiger partial charge in [-0.15, -0.1) is 0 Å². The zero-order valence-corrected chi connectivity index (χ0v) is 18.0. The summed E-state index contributed by atoms with van der Waals surface area (Å²) < 4.78 is 7.58. The molecule has 4 aromatic rings. The molecule has 9 heteroatoms. The van der Waals surface area contributed by atoms with Crippen LogP contribution in [0.25, 0.3) is 22.2 Å². The smallest absolute Gasteiger partial charge is 0.242 e. The first-order valence-electron chi connectivity index (χ1n) is 10.5. The van der Waals surface area contributed by atoms with Crippen molar-refractivity contribution < 1.29 is 19.7 Å². The Kier molecular flexibility index (Phi) is 6.53. The third kappa shape index (κ3) is 4.79. The van der Waals surface area contributed by atoms with Gasteiger partial charge in [0, 0.05) is 18.3 Å². The lowest BCUT2D eigenvalue weighted by molar-refractivity contribution is -0.124. The van der Waals surface area contributed by atoms with Crippen molar-refractivity contribution in [3.8, 4) is 22.6 Å². The summed E-state index contributed by atoms with van der Waals surface area (Å²) in [6.45, 7) is 1.24. The molecule has 1 unspecified atom stereocenters. The summed E-state index contributed by atoms with van der Waals surface area (Å²) in [5.41, 5.74) is 8.35. The third-order valence-electron chi connectivity index (χ3n) is 5.30. The van der Waals surface area contributed by atoms with Gasteiger partial charge in [-0.2, -0.15) is 0 Å². The summed E-state index contributed by atoms with van der Waals surface area (Å²) in [5, 5.41) is 21.7. The first-order chi connectivity index (χ1) is 16.0. The molecule has 170 valence electrons. The number of aromatic nitrogens is 3. The highest BCUT2D eigenvalue weighted by Crippen LogP contribution is 2.35. The average Bonchev–Trinajstić information content (AvgIpc) is 3.24. The van der Waals surface area contributed by atoms with Crippen LogP contribution in [-0.4, -0.2) is 49.9 Å². The topological polar surface area (TPSA) is 136 Å². The van der Waals surface area contributed by atoms with Gasteiger partial charge in [0.1, 0.15) is 35.3 Å². The standard InChI is InChI=1S/C24H25N5O4/c1-15(24(32)26-11-17(31)13-30)29-12-20(21-22(25)27-14-28-23(21)29)16-7-9-19(10-8-16)33-18-5-3-2-4-6-18/h2-10,12,14-15,17,30-31H,11,13H2,1H3,(H,26,32)(H2,25,27,28)/t15?,17-/m1/s1. The number of nitrogens with two attached hydrogens (primary N) is 1. The molecule has 2 aromatic heterocycles. The number of rotatable bonds is 8. The van der Waals surface area contributed by atoms with Gasteiger partial charge in [0.15, 0.2) is 0 Å². The molecule has 4 rings (SSSR count). The molecule has 2 aromatic carbocycles. The fraction of sp³-hybridized carbons (Fsp3) is 0.208. The van der Waals surface area contributed by atoms with E-state index in [1.165, 1.54) is 6.33 Å². The molecule has 2 heterocycles. The van der Waals surface area contributed by atoms with E-state index in [0.29, 0.717) is 22.6 Å². The molecule has 0 spiro atoms. The molecular weight excluding hydrogens is 422 g/mol. The predicted octanol–water partition coefficient (Wildman–Crippen LogP) is 2.50. The van der Waals surface area contributed by atoms with Crippen molar-refractivity contribution in [1.82, 2.24) is 19.9 Å². The van der Waals surface area contributed by atoms with Gasteiger partial charge >= 0.3 is 0 Å². The SMILES string of the molecule is CC(C(=O)NC[C@@H](O)CO)n1cc(-c2ccc(Oc3ccccc3)cc2)c2c(N)ncnc21. The number of aliphatic hydroxyl groups is 2. The van der Waals surface area contributed by atoms with Crippen molar-refractivity contribution in [2.45, 2.75) is 19.1 Å². The van der Waals surface area contributed by atoms with Crippen molar-refractivity contribution >= 4 is 22.8 Å². The van der Waals surface area contributed by atoms with Gasteiger partial charge < -0.3 is 30.6 Å². The Hall–Kier alpha value is -3.95. The van der Waals surface area contributed by atoms with Gasteiger partial charge in [-0.05, 0) is 36.8 Å². The van der Waals surface area contributed by atoms with Crippen LogP contribution in [0.5, 0.6) is 11.5 Å². The number of carbonyl (C=O) groups excluding carboxylic acids is 1. The van der Waals surface area contributed by atoms with Gasteiger partial charge in [0.25, 0.3) is 0 Å².